The maximum absolute atomic E-state index is 12.4. The molecule has 0 atom stereocenters. The van der Waals surface area contributed by atoms with E-state index in [0.717, 1.165) is 5.56 Å². The second kappa shape index (κ2) is 8.35. The normalized spacial score (nSPS) is 12.0. The number of ether oxygens (including phenoxy) is 3. The Bertz CT molecular complexity index is 844. The Morgan fingerprint density at radius 2 is 1.85 bits per heavy atom. The summed E-state index contributed by atoms with van der Waals surface area (Å²) in [4.78, 5) is 24.0. The first kappa shape index (κ1) is 18.4. The number of alkyl halides is 2. The fourth-order valence-electron chi connectivity index (χ4n) is 2.42. The molecule has 0 bridgehead atoms. The van der Waals surface area contributed by atoms with Gasteiger partial charge in [-0.05, 0) is 29.8 Å². The van der Waals surface area contributed by atoms with Crippen molar-refractivity contribution in [3.63, 3.8) is 0 Å². The minimum atomic E-state index is -3.05. The zero-order chi connectivity index (χ0) is 19.2. The van der Waals surface area contributed by atoms with Gasteiger partial charge in [0.2, 0.25) is 12.7 Å². The predicted octanol–water partition coefficient (Wildman–Crippen LogP) is 2.06. The molecule has 3 rings (SSSR count). The van der Waals surface area contributed by atoms with E-state index in [1.54, 1.807) is 18.2 Å². The van der Waals surface area contributed by atoms with Gasteiger partial charge in [0.15, 0.2) is 11.5 Å². The Balaban J connectivity index is 1.50. The van der Waals surface area contributed by atoms with Crippen LogP contribution < -0.4 is 24.8 Å². The fraction of sp³-hybridized carbons (Fsp3) is 0.222. The van der Waals surface area contributed by atoms with Gasteiger partial charge in [0.1, 0.15) is 5.75 Å². The van der Waals surface area contributed by atoms with Gasteiger partial charge in [-0.2, -0.15) is 8.78 Å². The third-order valence-corrected chi connectivity index (χ3v) is 3.68. The van der Waals surface area contributed by atoms with Gasteiger partial charge in [-0.1, -0.05) is 18.2 Å². The highest BCUT2D eigenvalue weighted by molar-refractivity contribution is 5.98. The van der Waals surface area contributed by atoms with E-state index >= 15 is 0 Å². The van der Waals surface area contributed by atoms with Crippen LogP contribution in [0.4, 0.5) is 8.78 Å². The summed E-state index contributed by atoms with van der Waals surface area (Å²) in [5.74, 6) is -0.142. The number of hydrogen-bond donors (Lipinski definition) is 2. The van der Waals surface area contributed by atoms with Crippen molar-refractivity contribution in [2.45, 2.75) is 13.2 Å². The molecule has 142 valence electrons. The van der Waals surface area contributed by atoms with Crippen LogP contribution in [0.1, 0.15) is 15.9 Å². The largest absolute Gasteiger partial charge is 0.454 e. The first-order valence-corrected chi connectivity index (χ1v) is 8.00. The number of halogens is 2. The van der Waals surface area contributed by atoms with Gasteiger partial charge in [-0.25, -0.2) is 0 Å². The van der Waals surface area contributed by atoms with E-state index in [-0.39, 0.29) is 31.2 Å². The summed E-state index contributed by atoms with van der Waals surface area (Å²) in [7, 11) is 0. The minimum Gasteiger partial charge on any atom is -0.454 e. The lowest BCUT2D eigenvalue weighted by Gasteiger charge is -2.11. The van der Waals surface area contributed by atoms with Crippen LogP contribution in [0.15, 0.2) is 42.5 Å². The molecule has 7 nitrogen and oxygen atoms in total. The van der Waals surface area contributed by atoms with Crippen molar-refractivity contribution in [3.05, 3.63) is 53.6 Å². The lowest BCUT2D eigenvalue weighted by atomic mass is 10.2. The number of para-hydroxylation sites is 1. The molecule has 27 heavy (non-hydrogen) atoms. The molecule has 0 spiro atoms. The maximum atomic E-state index is 12.4. The molecule has 2 aromatic rings. The summed E-state index contributed by atoms with van der Waals surface area (Å²) < 4.78 is 39.5. The van der Waals surface area contributed by atoms with Crippen LogP contribution in [-0.4, -0.2) is 31.8 Å². The van der Waals surface area contributed by atoms with Crippen LogP contribution in [0.5, 0.6) is 17.2 Å². The van der Waals surface area contributed by atoms with Crippen molar-refractivity contribution in [1.29, 1.82) is 0 Å². The first-order chi connectivity index (χ1) is 13.0. The standard InChI is InChI=1S/C18H16F2N2O5/c19-18(20)27-13-4-2-1-3-12(13)17(24)22-9-16(23)21-8-11-5-6-14-15(7-11)26-10-25-14/h1-7,18H,8-10H2,(H,21,23)(H,22,24). The molecular formula is C18H16F2N2O5. The predicted molar refractivity (Wildman–Crippen MR) is 89.8 cm³/mol. The molecule has 2 amide bonds. The number of carbonyl (C=O) groups is 2. The number of amides is 2. The van der Waals surface area contributed by atoms with Crippen molar-refractivity contribution in [3.8, 4) is 17.2 Å². The minimum absolute atomic E-state index is 0.0821. The summed E-state index contributed by atoms with van der Waals surface area (Å²) >= 11 is 0. The summed E-state index contributed by atoms with van der Waals surface area (Å²) in [5.41, 5.74) is 0.718. The second-order valence-corrected chi connectivity index (χ2v) is 5.52. The van der Waals surface area contributed by atoms with Gasteiger partial charge >= 0.3 is 6.61 Å². The zero-order valence-corrected chi connectivity index (χ0v) is 14.0. The molecule has 0 radical (unpaired) electrons. The molecule has 9 heteroatoms. The van der Waals surface area contributed by atoms with E-state index in [1.807, 2.05) is 0 Å². The van der Waals surface area contributed by atoms with Crippen LogP contribution >= 0.6 is 0 Å². The van der Waals surface area contributed by atoms with Crippen molar-refractivity contribution in [2.75, 3.05) is 13.3 Å². The third-order valence-electron chi connectivity index (χ3n) is 3.68. The van der Waals surface area contributed by atoms with E-state index in [4.69, 9.17) is 9.47 Å². The fourth-order valence-corrected chi connectivity index (χ4v) is 2.42. The Morgan fingerprint density at radius 3 is 2.67 bits per heavy atom. The van der Waals surface area contributed by atoms with Crippen molar-refractivity contribution >= 4 is 11.8 Å². The summed E-state index contributed by atoms with van der Waals surface area (Å²) in [6, 6.07) is 10.8. The lowest BCUT2D eigenvalue weighted by Crippen LogP contribution is -2.36. The molecule has 1 aliphatic rings. The van der Waals surface area contributed by atoms with Crippen molar-refractivity contribution in [2.24, 2.45) is 0 Å². The number of benzene rings is 2. The van der Waals surface area contributed by atoms with Crippen LogP contribution in [0, 0.1) is 0 Å². The molecule has 0 fully saturated rings. The SMILES string of the molecule is O=C(CNC(=O)c1ccccc1OC(F)F)NCc1ccc2c(c1)OCO2. The Labute approximate surface area is 153 Å². The van der Waals surface area contributed by atoms with Gasteiger partial charge in [0.25, 0.3) is 5.91 Å². The third kappa shape index (κ3) is 4.84. The van der Waals surface area contributed by atoms with Gasteiger partial charge < -0.3 is 24.8 Å². The van der Waals surface area contributed by atoms with E-state index in [9.17, 15) is 18.4 Å². The number of fused-ring (bicyclic) bond motifs is 1. The molecule has 0 aromatic heterocycles. The number of hydrogen-bond acceptors (Lipinski definition) is 5. The number of rotatable bonds is 7. The average Bonchev–Trinajstić information content (AvgIpc) is 3.12. The molecule has 0 saturated heterocycles. The van der Waals surface area contributed by atoms with Gasteiger partial charge in [-0.3, -0.25) is 9.59 Å². The quantitative estimate of drug-likeness (QED) is 0.770. The van der Waals surface area contributed by atoms with Crippen molar-refractivity contribution < 1.29 is 32.6 Å². The van der Waals surface area contributed by atoms with Gasteiger partial charge in [0.05, 0.1) is 12.1 Å². The second-order valence-electron chi connectivity index (χ2n) is 5.52. The highest BCUT2D eigenvalue weighted by Gasteiger charge is 2.16. The number of nitrogens with one attached hydrogen (secondary N) is 2. The lowest BCUT2D eigenvalue weighted by molar-refractivity contribution is -0.120. The zero-order valence-electron chi connectivity index (χ0n) is 14.0. The Kier molecular flexibility index (Phi) is 5.70. The van der Waals surface area contributed by atoms with Crippen LogP contribution in [0.3, 0.4) is 0 Å². The molecule has 1 heterocycles. The van der Waals surface area contributed by atoms with Crippen molar-refractivity contribution in [1.82, 2.24) is 10.6 Å². The molecule has 2 aromatic carbocycles. The van der Waals surface area contributed by atoms with Crippen LogP contribution in [0.2, 0.25) is 0 Å². The van der Waals surface area contributed by atoms with Crippen LogP contribution in [0.25, 0.3) is 0 Å². The van der Waals surface area contributed by atoms with E-state index in [1.165, 1.54) is 24.3 Å². The monoisotopic (exact) mass is 378 g/mol. The van der Waals surface area contributed by atoms with E-state index in [2.05, 4.69) is 15.4 Å². The smallest absolute Gasteiger partial charge is 0.387 e. The van der Waals surface area contributed by atoms with Crippen LogP contribution in [-0.2, 0) is 11.3 Å². The van der Waals surface area contributed by atoms with E-state index in [0.29, 0.717) is 11.5 Å². The molecule has 0 saturated carbocycles. The highest BCUT2D eigenvalue weighted by Crippen LogP contribution is 2.32. The van der Waals surface area contributed by atoms with E-state index < -0.39 is 18.4 Å². The summed E-state index contributed by atoms with van der Waals surface area (Å²) in [6.45, 7) is -2.97. The van der Waals surface area contributed by atoms with Gasteiger partial charge in [-0.15, -0.1) is 0 Å². The summed E-state index contributed by atoms with van der Waals surface area (Å²) in [6.07, 6.45) is 0. The average molecular weight is 378 g/mol. The first-order valence-electron chi connectivity index (χ1n) is 8.00. The molecule has 0 aliphatic carbocycles. The highest BCUT2D eigenvalue weighted by atomic mass is 19.3. The summed E-state index contributed by atoms with van der Waals surface area (Å²) in [5, 5.41) is 5.01. The van der Waals surface area contributed by atoms with Gasteiger partial charge in [0, 0.05) is 6.54 Å². The maximum Gasteiger partial charge on any atom is 0.387 e. The number of carbonyl (C=O) groups excluding carboxylic acids is 2. The molecule has 2 N–H and O–H groups in total. The Morgan fingerprint density at radius 1 is 1.07 bits per heavy atom. The molecular weight excluding hydrogens is 362 g/mol. The Hall–Kier alpha value is -3.36. The topological polar surface area (TPSA) is 85.9 Å². The molecule has 0 unspecified atom stereocenters. The molecule has 1 aliphatic heterocycles.